The van der Waals surface area contributed by atoms with Gasteiger partial charge in [0.05, 0.1) is 6.54 Å². The van der Waals surface area contributed by atoms with Crippen molar-refractivity contribution >= 4 is 63.5 Å². The Kier molecular flexibility index (Phi) is 8.78. The van der Waals surface area contributed by atoms with Gasteiger partial charge in [0.15, 0.2) is 16.0 Å². The van der Waals surface area contributed by atoms with Gasteiger partial charge in [-0.05, 0) is 22.6 Å². The third-order valence-electron chi connectivity index (χ3n) is 6.20. The average Bonchev–Trinajstić information content (AvgIpc) is 3.43. The summed E-state index contributed by atoms with van der Waals surface area (Å²) < 4.78 is 1.22. The van der Waals surface area contributed by atoms with E-state index >= 15 is 0 Å². The molecule has 4 heterocycles. The van der Waals surface area contributed by atoms with Crippen molar-refractivity contribution in [3.05, 3.63) is 90.4 Å². The number of amides is 2. The smallest absolute Gasteiger partial charge is 0.352 e. The number of oxime groups is 1. The van der Waals surface area contributed by atoms with E-state index in [2.05, 4.69) is 25.7 Å². The van der Waals surface area contributed by atoms with Crippen LogP contribution in [0.3, 0.4) is 0 Å². The van der Waals surface area contributed by atoms with E-state index in [1.54, 1.807) is 24.3 Å². The zero-order valence-electron chi connectivity index (χ0n) is 22.1. The monoisotopic (exact) mass is 642 g/mol. The molecule has 2 unspecified atom stereocenters. The first-order valence-corrected chi connectivity index (χ1v) is 15.1. The van der Waals surface area contributed by atoms with Crippen LogP contribution in [-0.2, 0) is 25.8 Å². The van der Waals surface area contributed by atoms with Crippen LogP contribution in [0.15, 0.2) is 78.4 Å². The fourth-order valence-electron chi connectivity index (χ4n) is 4.26. The number of H-pyrrole nitrogens is 1. The zero-order chi connectivity index (χ0) is 30.7. The summed E-state index contributed by atoms with van der Waals surface area (Å²) in [7, 11) is 1.25. The van der Waals surface area contributed by atoms with Gasteiger partial charge >= 0.3 is 17.1 Å². The van der Waals surface area contributed by atoms with E-state index in [4.69, 9.17) is 10.6 Å². The fraction of sp³-hybridized carbons (Fsp3) is 0.200. The van der Waals surface area contributed by atoms with Crippen molar-refractivity contribution in [1.82, 2.24) is 30.0 Å². The van der Waals surface area contributed by atoms with Gasteiger partial charge in [0, 0.05) is 11.1 Å². The first kappa shape index (κ1) is 29.8. The number of anilines is 1. The lowest BCUT2D eigenvalue weighted by Crippen LogP contribution is -2.71. The van der Waals surface area contributed by atoms with Crippen LogP contribution >= 0.6 is 34.9 Å². The summed E-state index contributed by atoms with van der Waals surface area (Å²) in [6.45, 7) is 0.107. The molecule has 5 N–H and O–H groups in total. The van der Waals surface area contributed by atoms with Crippen LogP contribution in [0.2, 0.25) is 0 Å². The Labute approximate surface area is 254 Å². The SMILES string of the molecule is CON=C(C(=O)NC1C(=O)N2C(C(=O)O)=C(C=CSc3n[nH]c(=O)c(=O)n3Cc3ccccc3)CSC12)c1csc(N)n1. The highest BCUT2D eigenvalue weighted by Gasteiger charge is 2.54. The number of nitrogens with two attached hydrogens (primary N) is 1. The van der Waals surface area contributed by atoms with Gasteiger partial charge in [0.25, 0.3) is 11.8 Å². The molecular formula is C25H22N8O7S3. The number of carbonyl (C=O) groups is 3. The number of allylic oxidation sites excluding steroid dienone is 1. The van der Waals surface area contributed by atoms with Crippen molar-refractivity contribution in [2.24, 2.45) is 5.16 Å². The highest BCUT2D eigenvalue weighted by Crippen LogP contribution is 2.41. The van der Waals surface area contributed by atoms with Crippen LogP contribution in [0, 0.1) is 0 Å². The van der Waals surface area contributed by atoms with Gasteiger partial charge in [-0.25, -0.2) is 14.9 Å². The molecule has 5 rings (SSSR count). The van der Waals surface area contributed by atoms with Crippen molar-refractivity contribution in [2.45, 2.75) is 23.1 Å². The summed E-state index contributed by atoms with van der Waals surface area (Å²) in [5, 5.41) is 25.2. The molecule has 0 radical (unpaired) electrons. The van der Waals surface area contributed by atoms with E-state index in [9.17, 15) is 29.1 Å². The number of hydrogen-bond donors (Lipinski definition) is 4. The highest BCUT2D eigenvalue weighted by atomic mass is 32.2. The Bertz CT molecular complexity index is 1800. The molecule has 2 amide bonds. The molecule has 2 aliphatic rings. The molecule has 1 saturated heterocycles. The van der Waals surface area contributed by atoms with Crippen molar-refractivity contribution in [1.29, 1.82) is 0 Å². The molecule has 43 heavy (non-hydrogen) atoms. The lowest BCUT2D eigenvalue weighted by atomic mass is 10.0. The quantitative estimate of drug-likeness (QED) is 0.0778. The van der Waals surface area contributed by atoms with Crippen LogP contribution in [0.4, 0.5) is 5.13 Å². The number of benzene rings is 1. The van der Waals surface area contributed by atoms with Crippen LogP contribution in [0.25, 0.3) is 0 Å². The van der Waals surface area contributed by atoms with Crippen LogP contribution in [0.5, 0.6) is 0 Å². The van der Waals surface area contributed by atoms with Gasteiger partial charge in [-0.15, -0.1) is 28.2 Å². The maximum absolute atomic E-state index is 13.1. The second-order valence-electron chi connectivity index (χ2n) is 8.87. The molecule has 2 aliphatic heterocycles. The van der Waals surface area contributed by atoms with Crippen molar-refractivity contribution in [3.8, 4) is 0 Å². The second-order valence-corrected chi connectivity index (χ2v) is 11.7. The molecule has 1 fully saturated rings. The van der Waals surface area contributed by atoms with E-state index < -0.39 is 40.3 Å². The number of nitrogens with one attached hydrogen (secondary N) is 2. The fourth-order valence-corrected chi connectivity index (χ4v) is 6.85. The molecule has 18 heteroatoms. The number of β-lactam (4-membered cyclic amide) rings is 1. The molecular weight excluding hydrogens is 621 g/mol. The number of thiazole rings is 1. The topological polar surface area (TPSA) is 215 Å². The minimum absolute atomic E-state index is 0.107. The standard InChI is InChI=1S/C25H22N8O7S3/c1-40-31-15(14-11-43-24(26)27-14)18(34)28-16-20(36)33-17(23(38)39)13(10-42-22(16)33)7-8-41-25-30-29-19(35)21(37)32(25)9-12-5-3-2-4-6-12/h2-8,11,16,22H,9-10H2,1H3,(H2,26,27)(H,28,34)(H,29,35)(H,38,39). The van der Waals surface area contributed by atoms with Crippen molar-refractivity contribution in [2.75, 3.05) is 18.6 Å². The summed E-state index contributed by atoms with van der Waals surface area (Å²) >= 11 is 3.36. The van der Waals surface area contributed by atoms with E-state index in [-0.39, 0.29) is 39.7 Å². The van der Waals surface area contributed by atoms with Crippen LogP contribution < -0.4 is 22.2 Å². The molecule has 0 aliphatic carbocycles. The summed E-state index contributed by atoms with van der Waals surface area (Å²) in [4.78, 5) is 72.6. The van der Waals surface area contributed by atoms with Gasteiger partial charge in [-0.1, -0.05) is 47.2 Å². The third kappa shape index (κ3) is 6.11. The Morgan fingerprint density at radius 2 is 2.07 bits per heavy atom. The van der Waals surface area contributed by atoms with Gasteiger partial charge in [-0.2, -0.15) is 0 Å². The predicted molar refractivity (Wildman–Crippen MR) is 159 cm³/mol. The number of rotatable bonds is 10. The number of aliphatic carboxylic acids is 1. The molecule has 0 spiro atoms. The predicted octanol–water partition coefficient (Wildman–Crippen LogP) is 0.414. The summed E-state index contributed by atoms with van der Waals surface area (Å²) in [5.74, 6) is -2.47. The average molecular weight is 643 g/mol. The van der Waals surface area contributed by atoms with E-state index in [0.29, 0.717) is 5.57 Å². The zero-order valence-corrected chi connectivity index (χ0v) is 24.6. The summed E-state index contributed by atoms with van der Waals surface area (Å²) in [5.41, 5.74) is 4.87. The van der Waals surface area contributed by atoms with Gasteiger partial charge < -0.3 is 21.0 Å². The molecule has 2 atom stereocenters. The maximum atomic E-state index is 13.1. The van der Waals surface area contributed by atoms with Crippen molar-refractivity contribution < 1.29 is 24.3 Å². The molecule has 1 aromatic carbocycles. The van der Waals surface area contributed by atoms with Crippen LogP contribution in [0.1, 0.15) is 11.3 Å². The Morgan fingerprint density at radius 3 is 2.74 bits per heavy atom. The summed E-state index contributed by atoms with van der Waals surface area (Å²) in [6, 6.07) is 8.03. The number of carbonyl (C=O) groups excluding carboxylic acids is 2. The number of nitrogen functional groups attached to an aromatic ring is 1. The lowest BCUT2D eigenvalue weighted by Gasteiger charge is -2.49. The maximum Gasteiger partial charge on any atom is 0.352 e. The molecule has 0 saturated carbocycles. The van der Waals surface area contributed by atoms with Gasteiger partial charge in [-0.3, -0.25) is 28.6 Å². The number of fused-ring (bicyclic) bond motifs is 1. The minimum atomic E-state index is -1.32. The number of carboxylic acid groups (broad SMARTS) is 1. The number of aromatic amines is 1. The highest BCUT2D eigenvalue weighted by molar-refractivity contribution is 8.02. The number of nitrogens with zero attached hydrogens (tertiary/aromatic N) is 5. The molecule has 3 aromatic rings. The molecule has 0 bridgehead atoms. The number of aromatic nitrogens is 4. The Balaban J connectivity index is 1.33. The van der Waals surface area contributed by atoms with Crippen molar-refractivity contribution in [3.63, 3.8) is 0 Å². The first-order chi connectivity index (χ1) is 20.7. The number of thioether (sulfide) groups is 2. The van der Waals surface area contributed by atoms with Gasteiger partial charge in [0.1, 0.15) is 29.9 Å². The van der Waals surface area contributed by atoms with E-state index in [1.165, 1.54) is 40.3 Å². The normalized spacial score (nSPS) is 18.4. The minimum Gasteiger partial charge on any atom is -0.477 e. The summed E-state index contributed by atoms with van der Waals surface area (Å²) in [6.07, 6.45) is 1.51. The molecule has 2 aromatic heterocycles. The van der Waals surface area contributed by atoms with Crippen LogP contribution in [-0.4, -0.2) is 77.5 Å². The van der Waals surface area contributed by atoms with E-state index in [1.807, 2.05) is 6.07 Å². The number of hydrogen-bond acceptors (Lipinski definition) is 13. The third-order valence-corrected chi connectivity index (χ3v) is 8.97. The number of carboxylic acids is 1. The molecule has 15 nitrogen and oxygen atoms in total. The van der Waals surface area contributed by atoms with E-state index in [0.717, 1.165) is 33.6 Å². The molecule has 222 valence electrons. The van der Waals surface area contributed by atoms with Gasteiger partial charge in [0.2, 0.25) is 0 Å². The Morgan fingerprint density at radius 1 is 1.30 bits per heavy atom. The second kappa shape index (κ2) is 12.7. The first-order valence-electron chi connectivity index (χ1n) is 12.3. The largest absolute Gasteiger partial charge is 0.477 e. The lowest BCUT2D eigenvalue weighted by molar-refractivity contribution is -0.150. The Hall–Kier alpha value is -4.68.